The number of para-hydroxylation sites is 1. The molecule has 0 atom stereocenters. The van der Waals surface area contributed by atoms with Gasteiger partial charge in [-0.2, -0.15) is 5.43 Å². The summed E-state index contributed by atoms with van der Waals surface area (Å²) in [7, 11) is 4.02. The fraction of sp³-hybridized carbons (Fsp3) is 0.214. The van der Waals surface area contributed by atoms with E-state index in [1.807, 2.05) is 62.3 Å². The van der Waals surface area contributed by atoms with Crippen LogP contribution in [-0.2, 0) is 0 Å². The average Bonchev–Trinajstić information content (AvgIpc) is 2.38. The van der Waals surface area contributed by atoms with Crippen LogP contribution < -0.4 is 15.8 Å². The Bertz CT molecular complexity index is 508. The molecule has 0 fully saturated rings. The molecule has 0 amide bonds. The van der Waals surface area contributed by atoms with Crippen molar-refractivity contribution in [2.75, 3.05) is 24.4 Å². The molecule has 0 spiro atoms. The number of aryl methyl sites for hydroxylation is 1. The van der Waals surface area contributed by atoms with Gasteiger partial charge in [0.2, 0.25) is 0 Å². The van der Waals surface area contributed by atoms with E-state index in [0.29, 0.717) is 0 Å². The van der Waals surface area contributed by atoms with E-state index in [9.17, 15) is 0 Å². The van der Waals surface area contributed by atoms with Gasteiger partial charge in [-0.3, -0.25) is 5.43 Å². The fourth-order valence-corrected chi connectivity index (χ4v) is 1.69. The van der Waals surface area contributed by atoms with Crippen LogP contribution in [0.2, 0.25) is 0 Å². The second-order valence-electron chi connectivity index (χ2n) is 4.28. The van der Waals surface area contributed by atoms with Gasteiger partial charge in [0.05, 0.1) is 5.69 Å². The summed E-state index contributed by atoms with van der Waals surface area (Å²) in [6.07, 6.45) is 1.74. The number of anilines is 2. The number of pyridine rings is 1. The molecule has 0 aliphatic rings. The first-order valence-electron chi connectivity index (χ1n) is 5.83. The number of nitrogens with one attached hydrogen (secondary N) is 1. The first-order chi connectivity index (χ1) is 8.68. The molecule has 1 heterocycles. The normalized spacial score (nSPS) is 9.94. The Hall–Kier alpha value is -2.23. The monoisotopic (exact) mass is 241 g/mol. The molecule has 0 aliphatic heterocycles. The molecule has 1 aromatic heterocycles. The lowest BCUT2D eigenvalue weighted by atomic mass is 10.1. The fourth-order valence-electron chi connectivity index (χ4n) is 1.69. The summed E-state index contributed by atoms with van der Waals surface area (Å²) in [6, 6.07) is 11.8. The van der Waals surface area contributed by atoms with Crippen LogP contribution in [0.15, 0.2) is 42.6 Å². The first kappa shape index (κ1) is 12.2. The molecule has 0 bridgehead atoms. The highest BCUT2D eigenvalue weighted by Gasteiger charge is 2.08. The lowest BCUT2D eigenvalue weighted by Crippen LogP contribution is -2.16. The van der Waals surface area contributed by atoms with Crippen molar-refractivity contribution in [1.29, 1.82) is 0 Å². The van der Waals surface area contributed by atoms with Gasteiger partial charge in [-0.1, -0.05) is 18.2 Å². The van der Waals surface area contributed by atoms with Crippen LogP contribution in [0.4, 0.5) is 17.2 Å². The molecule has 1 N–H and O–H groups in total. The Balaban J connectivity index is 2.19. The zero-order chi connectivity index (χ0) is 13.0. The number of aromatic nitrogens is 1. The highest BCUT2D eigenvalue weighted by atomic mass is 15.4. The minimum absolute atomic E-state index is 0.741. The summed E-state index contributed by atoms with van der Waals surface area (Å²) in [4.78, 5) is 6.23. The minimum Gasteiger partial charge on any atom is -0.376 e. The third-order valence-corrected chi connectivity index (χ3v) is 2.65. The van der Waals surface area contributed by atoms with Gasteiger partial charge in [0.1, 0.15) is 11.5 Å². The van der Waals surface area contributed by atoms with E-state index in [0.717, 1.165) is 22.8 Å². The molecule has 93 valence electrons. The van der Waals surface area contributed by atoms with E-state index < -0.39 is 0 Å². The van der Waals surface area contributed by atoms with Gasteiger partial charge >= 0.3 is 0 Å². The van der Waals surface area contributed by atoms with Gasteiger partial charge in [0.25, 0.3) is 0 Å². The molecule has 0 aliphatic carbocycles. The Labute approximate surface area is 108 Å². The predicted octanol–water partition coefficient (Wildman–Crippen LogP) is 2.72. The van der Waals surface area contributed by atoms with Gasteiger partial charge in [-0.25, -0.2) is 4.98 Å². The van der Waals surface area contributed by atoms with Crippen molar-refractivity contribution in [2.24, 2.45) is 0 Å². The van der Waals surface area contributed by atoms with Crippen molar-refractivity contribution < 1.29 is 0 Å². The van der Waals surface area contributed by atoms with Crippen LogP contribution in [0.25, 0.3) is 0 Å². The molecule has 4 nitrogen and oxygen atoms in total. The summed E-state index contributed by atoms with van der Waals surface area (Å²) in [5, 5.41) is 0. The smallest absolute Gasteiger partial charge is 0.146 e. The third-order valence-electron chi connectivity index (χ3n) is 2.65. The topological polar surface area (TPSA) is 42.3 Å². The summed E-state index contributed by atoms with van der Waals surface area (Å²) >= 11 is 0. The second-order valence-corrected chi connectivity index (χ2v) is 4.28. The van der Waals surface area contributed by atoms with E-state index in [1.54, 1.807) is 6.20 Å². The Kier molecular flexibility index (Phi) is 3.67. The van der Waals surface area contributed by atoms with Gasteiger partial charge in [-0.15, -0.1) is 0 Å². The third kappa shape index (κ3) is 2.71. The predicted molar refractivity (Wildman–Crippen MR) is 75.2 cm³/mol. The Morgan fingerprint density at radius 2 is 1.94 bits per heavy atom. The number of rotatable bonds is 4. The van der Waals surface area contributed by atoms with E-state index in [2.05, 4.69) is 15.8 Å². The number of nitrogens with zero attached hydrogens (tertiary/aromatic N) is 3. The number of hydrogen-bond donors (Lipinski definition) is 1. The Morgan fingerprint density at radius 3 is 2.61 bits per heavy atom. The summed E-state index contributed by atoms with van der Waals surface area (Å²) in [5.41, 5.74) is 10.6. The second kappa shape index (κ2) is 5.40. The Morgan fingerprint density at radius 1 is 1.11 bits per heavy atom. The standard InChI is InChI=1S/C14H17N4/c1-11-7-6-8-12(18(2)3)14(11)17-16-13-9-4-5-10-15-13/h4-10H,1-3H3,(H,15,16). The molecular weight excluding hydrogens is 224 g/mol. The molecule has 0 unspecified atom stereocenters. The summed E-state index contributed by atoms with van der Waals surface area (Å²) in [5.74, 6) is 0.741. The van der Waals surface area contributed by atoms with Gasteiger partial charge in [-0.05, 0) is 30.7 Å². The maximum Gasteiger partial charge on any atom is 0.146 e. The molecule has 1 aromatic carbocycles. The average molecular weight is 241 g/mol. The van der Waals surface area contributed by atoms with Gasteiger partial charge in [0.15, 0.2) is 0 Å². The number of hydrogen-bond acceptors (Lipinski definition) is 3. The highest BCUT2D eigenvalue weighted by molar-refractivity contribution is 5.69. The molecule has 4 heteroatoms. The van der Waals surface area contributed by atoms with Gasteiger partial charge < -0.3 is 4.90 Å². The van der Waals surface area contributed by atoms with Crippen LogP contribution in [0.5, 0.6) is 0 Å². The maximum absolute atomic E-state index is 4.44. The minimum atomic E-state index is 0.741. The van der Waals surface area contributed by atoms with E-state index >= 15 is 0 Å². The lowest BCUT2D eigenvalue weighted by Gasteiger charge is -2.18. The lowest BCUT2D eigenvalue weighted by molar-refractivity contribution is 0.991. The van der Waals surface area contributed by atoms with Gasteiger partial charge in [0, 0.05) is 20.3 Å². The molecule has 1 radical (unpaired) electrons. The summed E-state index contributed by atoms with van der Waals surface area (Å²) < 4.78 is 0. The van der Waals surface area contributed by atoms with Crippen LogP contribution in [0.1, 0.15) is 5.56 Å². The SMILES string of the molecule is Cc1cccc(N(C)C)c1[N]Nc1ccccn1. The van der Waals surface area contributed by atoms with E-state index in [1.165, 1.54) is 0 Å². The molecule has 18 heavy (non-hydrogen) atoms. The zero-order valence-electron chi connectivity index (χ0n) is 10.9. The van der Waals surface area contributed by atoms with Crippen molar-refractivity contribution >= 4 is 17.2 Å². The maximum atomic E-state index is 4.44. The van der Waals surface area contributed by atoms with Crippen molar-refractivity contribution in [3.05, 3.63) is 48.2 Å². The zero-order valence-corrected chi connectivity index (χ0v) is 10.9. The van der Waals surface area contributed by atoms with E-state index in [-0.39, 0.29) is 0 Å². The van der Waals surface area contributed by atoms with E-state index in [4.69, 9.17) is 0 Å². The number of benzene rings is 1. The molecular formula is C14H17N4. The quantitative estimate of drug-likeness (QED) is 0.837. The van der Waals surface area contributed by atoms with Crippen LogP contribution >= 0.6 is 0 Å². The van der Waals surface area contributed by atoms with Crippen molar-refractivity contribution in [1.82, 2.24) is 10.4 Å². The first-order valence-corrected chi connectivity index (χ1v) is 5.83. The van der Waals surface area contributed by atoms with Crippen LogP contribution in [0.3, 0.4) is 0 Å². The molecule has 2 rings (SSSR count). The highest BCUT2D eigenvalue weighted by Crippen LogP contribution is 2.27. The molecule has 0 saturated heterocycles. The van der Waals surface area contributed by atoms with Crippen LogP contribution in [0, 0.1) is 6.92 Å². The summed E-state index contributed by atoms with van der Waals surface area (Å²) in [6.45, 7) is 2.05. The molecule has 0 saturated carbocycles. The van der Waals surface area contributed by atoms with Crippen molar-refractivity contribution in [3.63, 3.8) is 0 Å². The van der Waals surface area contributed by atoms with Crippen LogP contribution in [-0.4, -0.2) is 19.1 Å². The van der Waals surface area contributed by atoms with Crippen molar-refractivity contribution in [2.45, 2.75) is 6.92 Å². The molecule has 2 aromatic rings. The van der Waals surface area contributed by atoms with Crippen molar-refractivity contribution in [3.8, 4) is 0 Å². The largest absolute Gasteiger partial charge is 0.376 e.